The molecule has 0 aromatic carbocycles. The van der Waals surface area contributed by atoms with E-state index in [1.165, 1.54) is 0 Å². The quantitative estimate of drug-likeness (QED) is 0.371. The minimum absolute atomic E-state index is 0. The van der Waals surface area contributed by atoms with Crippen molar-refractivity contribution in [3.63, 3.8) is 0 Å². The predicted octanol–water partition coefficient (Wildman–Crippen LogP) is -1.77. The van der Waals surface area contributed by atoms with Gasteiger partial charge in [-0.25, -0.2) is 17.6 Å². The molecular formula is C4H3F6LiO. The molecule has 68 valence electrons. The number of hydrogen-bond donors (Lipinski definition) is 0. The summed E-state index contributed by atoms with van der Waals surface area (Å²) < 4.78 is 68.8. The Labute approximate surface area is 75.9 Å². The molecule has 0 bridgehead atoms. The third-order valence-electron chi connectivity index (χ3n) is 0.917. The second-order valence-electron chi connectivity index (χ2n) is 1.98. The normalized spacial score (nSPS) is 14.0. The number of rotatable bonds is 2. The van der Waals surface area contributed by atoms with Gasteiger partial charge in [-0.15, -0.1) is 0 Å². The molecule has 0 aliphatic heterocycles. The Bertz CT molecular complexity index is 131. The van der Waals surface area contributed by atoms with Gasteiger partial charge in [-0.05, 0) is 0 Å². The van der Waals surface area contributed by atoms with Gasteiger partial charge in [0.05, 0.1) is 0 Å². The van der Waals surface area contributed by atoms with Gasteiger partial charge in [0.15, 0.2) is 0 Å². The van der Waals surface area contributed by atoms with Crippen LogP contribution in [0.4, 0.5) is 26.3 Å². The van der Waals surface area contributed by atoms with Crippen LogP contribution < -0.4 is 24.0 Å². The molecule has 0 spiro atoms. The zero-order valence-electron chi connectivity index (χ0n) is 6.18. The number of alkyl halides is 6. The second kappa shape index (κ2) is 3.48. The van der Waals surface area contributed by atoms with Gasteiger partial charge in [-0.1, -0.05) is 0 Å². The average molecular weight is 188 g/mol. The second-order valence-corrected chi connectivity index (χ2v) is 1.98. The molecule has 0 rings (SSSR count). The fourth-order valence-electron chi connectivity index (χ4n) is 0.256. The van der Waals surface area contributed by atoms with Gasteiger partial charge in [0.2, 0.25) is 0 Å². The zero-order chi connectivity index (χ0) is 9.50. The molecule has 0 unspecified atom stereocenters. The van der Waals surface area contributed by atoms with Crippen LogP contribution in [0.15, 0.2) is 0 Å². The third kappa shape index (κ3) is 2.57. The van der Waals surface area contributed by atoms with E-state index >= 15 is 0 Å². The van der Waals surface area contributed by atoms with Crippen molar-refractivity contribution in [1.82, 2.24) is 0 Å². The molecule has 0 radical (unpaired) electrons. The Hall–Kier alpha value is 0.137. The molecule has 0 atom stereocenters. The van der Waals surface area contributed by atoms with Crippen LogP contribution in [0, 0.1) is 0 Å². The summed E-state index contributed by atoms with van der Waals surface area (Å²) in [5.74, 6) is -10.9. The van der Waals surface area contributed by atoms with Gasteiger partial charge in [-0.3, -0.25) is 0 Å². The van der Waals surface area contributed by atoms with Gasteiger partial charge in [0.1, 0.15) is 0 Å². The molecule has 0 aliphatic rings. The van der Waals surface area contributed by atoms with Crippen LogP contribution in [0.3, 0.4) is 0 Å². The van der Waals surface area contributed by atoms with Crippen molar-refractivity contribution in [1.29, 1.82) is 0 Å². The van der Waals surface area contributed by atoms with Crippen LogP contribution >= 0.6 is 0 Å². The first-order chi connectivity index (χ1) is 4.50. The van der Waals surface area contributed by atoms with Crippen molar-refractivity contribution in [2.24, 2.45) is 0 Å². The minimum Gasteiger partial charge on any atom is -0.793 e. The van der Waals surface area contributed by atoms with Gasteiger partial charge in [-0.2, -0.15) is 8.78 Å². The van der Waals surface area contributed by atoms with Gasteiger partial charge >= 0.3 is 30.7 Å². The topological polar surface area (TPSA) is 23.1 Å². The molecule has 0 N–H and O–H groups in total. The molecule has 0 aromatic rings. The maximum Gasteiger partial charge on any atom is 1.00 e. The third-order valence-corrected chi connectivity index (χ3v) is 0.917. The summed E-state index contributed by atoms with van der Waals surface area (Å²) in [6.45, 7) is -0.446. The Kier molecular flexibility index (Phi) is 4.25. The Morgan fingerprint density at radius 2 is 1.17 bits per heavy atom. The Morgan fingerprint density at radius 1 is 0.917 bits per heavy atom. The number of halogens is 6. The van der Waals surface area contributed by atoms with Crippen LogP contribution in [0.1, 0.15) is 6.92 Å². The van der Waals surface area contributed by atoms with E-state index in [4.69, 9.17) is 0 Å². The van der Waals surface area contributed by atoms with Crippen molar-refractivity contribution in [2.45, 2.75) is 24.9 Å². The summed E-state index contributed by atoms with van der Waals surface area (Å²) in [5, 5.41) is 9.21. The van der Waals surface area contributed by atoms with E-state index in [1.54, 1.807) is 0 Å². The Balaban J connectivity index is 0. The van der Waals surface area contributed by atoms with E-state index in [2.05, 4.69) is 0 Å². The van der Waals surface area contributed by atoms with E-state index < -0.39 is 24.9 Å². The molecule has 0 heterocycles. The van der Waals surface area contributed by atoms with Gasteiger partial charge < -0.3 is 5.11 Å². The maximum absolute atomic E-state index is 11.6. The van der Waals surface area contributed by atoms with E-state index in [0.717, 1.165) is 0 Å². The first-order valence-corrected chi connectivity index (χ1v) is 2.34. The molecule has 12 heavy (non-hydrogen) atoms. The summed E-state index contributed by atoms with van der Waals surface area (Å²) in [5.41, 5.74) is 0. The van der Waals surface area contributed by atoms with Crippen molar-refractivity contribution in [3.8, 4) is 0 Å². The van der Waals surface area contributed by atoms with Crippen molar-refractivity contribution in [2.75, 3.05) is 0 Å². The molecular weight excluding hydrogens is 185 g/mol. The van der Waals surface area contributed by atoms with Crippen LogP contribution in [0.25, 0.3) is 0 Å². The van der Waals surface area contributed by atoms with E-state index in [0.29, 0.717) is 0 Å². The first-order valence-electron chi connectivity index (χ1n) is 2.34. The van der Waals surface area contributed by atoms with Crippen LogP contribution in [0.2, 0.25) is 0 Å². The molecule has 0 fully saturated rings. The maximum atomic E-state index is 11.6. The standard InChI is InChI=1S/C4H3F6O.Li/c1-2(5,6)3(7,8)4(9,10)11;/h1H3;/q-1;+1. The van der Waals surface area contributed by atoms with Crippen LogP contribution in [0.5, 0.6) is 0 Å². The van der Waals surface area contributed by atoms with Crippen molar-refractivity contribution >= 4 is 0 Å². The Morgan fingerprint density at radius 3 is 1.17 bits per heavy atom. The first kappa shape index (κ1) is 14.7. The summed E-state index contributed by atoms with van der Waals surface area (Å²) in [6, 6.07) is 0. The van der Waals surface area contributed by atoms with E-state index in [9.17, 15) is 31.4 Å². The smallest absolute Gasteiger partial charge is 0.793 e. The molecule has 8 heteroatoms. The summed E-state index contributed by atoms with van der Waals surface area (Å²) in [7, 11) is 0. The SMILES string of the molecule is CC(F)(F)C(F)(F)C([O-])(F)F.[Li+]. The summed E-state index contributed by atoms with van der Waals surface area (Å²) in [4.78, 5) is 0. The minimum atomic E-state index is -5.95. The average Bonchev–Trinajstić information content (AvgIpc) is 1.58. The molecule has 0 aromatic heterocycles. The van der Waals surface area contributed by atoms with Gasteiger partial charge in [0, 0.05) is 6.92 Å². The fraction of sp³-hybridized carbons (Fsp3) is 1.00. The van der Waals surface area contributed by atoms with Gasteiger partial charge in [0.25, 0.3) is 6.11 Å². The summed E-state index contributed by atoms with van der Waals surface area (Å²) in [6.07, 6.45) is -5.95. The molecule has 0 aliphatic carbocycles. The number of hydrogen-bond acceptors (Lipinski definition) is 1. The molecule has 0 saturated heterocycles. The predicted molar refractivity (Wildman–Crippen MR) is 20.5 cm³/mol. The molecule has 0 amide bonds. The monoisotopic (exact) mass is 188 g/mol. The van der Waals surface area contributed by atoms with E-state index in [1.807, 2.05) is 0 Å². The van der Waals surface area contributed by atoms with Crippen LogP contribution in [-0.4, -0.2) is 18.0 Å². The molecule has 1 nitrogen and oxygen atoms in total. The summed E-state index contributed by atoms with van der Waals surface area (Å²) >= 11 is 0. The van der Waals surface area contributed by atoms with E-state index in [-0.39, 0.29) is 18.9 Å². The fourth-order valence-corrected chi connectivity index (χ4v) is 0.256. The van der Waals surface area contributed by atoms with Crippen molar-refractivity contribution in [3.05, 3.63) is 0 Å². The largest absolute Gasteiger partial charge is 1.00 e. The zero-order valence-corrected chi connectivity index (χ0v) is 6.18. The van der Waals surface area contributed by atoms with Crippen molar-refractivity contribution < 1.29 is 50.3 Å². The van der Waals surface area contributed by atoms with Crippen LogP contribution in [-0.2, 0) is 0 Å². The molecule has 0 saturated carbocycles.